The van der Waals surface area contributed by atoms with Gasteiger partial charge in [0.1, 0.15) is 11.6 Å². The Kier molecular flexibility index (Phi) is 7.11. The van der Waals surface area contributed by atoms with Gasteiger partial charge in [-0.2, -0.15) is 0 Å². The van der Waals surface area contributed by atoms with Crippen LogP contribution in [-0.2, 0) is 19.4 Å². The number of carbonyl (C=O) groups excluding carboxylic acids is 2. The van der Waals surface area contributed by atoms with Crippen molar-refractivity contribution in [3.05, 3.63) is 59.4 Å². The van der Waals surface area contributed by atoms with E-state index in [1.54, 1.807) is 12.1 Å². The zero-order chi connectivity index (χ0) is 20.7. The summed E-state index contributed by atoms with van der Waals surface area (Å²) >= 11 is 0. The third kappa shape index (κ3) is 6.66. The van der Waals surface area contributed by atoms with E-state index in [-0.39, 0.29) is 17.9 Å². The van der Waals surface area contributed by atoms with Crippen molar-refractivity contribution in [2.45, 2.75) is 25.2 Å². The summed E-state index contributed by atoms with van der Waals surface area (Å²) in [5, 5.41) is 0. The lowest BCUT2D eigenvalue weighted by Crippen LogP contribution is -2.44. The summed E-state index contributed by atoms with van der Waals surface area (Å²) in [6.45, 7) is 3.50. The zero-order valence-electron chi connectivity index (χ0n) is 15.5. The normalized spacial score (nSPS) is 11.0. The van der Waals surface area contributed by atoms with Crippen molar-refractivity contribution in [3.63, 3.8) is 0 Å². The number of carbonyl (C=O) groups is 2. The molecule has 0 aliphatic carbocycles. The lowest BCUT2D eigenvalue weighted by atomic mass is 10.1. The Morgan fingerprint density at radius 2 is 1.54 bits per heavy atom. The van der Waals surface area contributed by atoms with Gasteiger partial charge < -0.3 is 4.74 Å². The molecule has 2 aromatic rings. The summed E-state index contributed by atoms with van der Waals surface area (Å²) in [7, 11) is -3.73. The van der Waals surface area contributed by atoms with Crippen LogP contribution < -0.4 is 15.6 Å². The molecule has 2 aromatic carbocycles. The molecule has 0 spiro atoms. The van der Waals surface area contributed by atoms with Gasteiger partial charge in [-0.25, -0.2) is 12.8 Å². The molecule has 0 aliphatic heterocycles. The molecule has 2 N–H and O–H groups in total. The molecule has 9 heteroatoms. The molecule has 0 heterocycles. The minimum atomic E-state index is -3.73. The molecular formula is C19H21FN2O5S. The van der Waals surface area contributed by atoms with E-state index in [1.807, 2.05) is 19.9 Å². The van der Waals surface area contributed by atoms with Crippen molar-refractivity contribution in [1.82, 2.24) is 10.9 Å². The Morgan fingerprint density at radius 1 is 0.964 bits per heavy atom. The van der Waals surface area contributed by atoms with E-state index >= 15 is 0 Å². The van der Waals surface area contributed by atoms with Crippen LogP contribution in [0, 0.1) is 19.7 Å². The van der Waals surface area contributed by atoms with E-state index in [2.05, 4.69) is 10.9 Å². The van der Waals surface area contributed by atoms with Crippen LogP contribution in [0.3, 0.4) is 0 Å². The standard InChI is InChI=1S/C19H21FN2O5S/c1-13-9-14(2)11-16(10-13)27-12-19(24)22-21-18(23)7-8-28(25,26)17-5-3-15(20)4-6-17/h3-6,9-11H,7-8,12H2,1-2H3,(H,21,23)(H,22,24). The molecule has 150 valence electrons. The van der Waals surface area contributed by atoms with Crippen LogP contribution in [0.5, 0.6) is 5.75 Å². The number of nitrogens with one attached hydrogen (secondary N) is 2. The van der Waals surface area contributed by atoms with Crippen molar-refractivity contribution in [1.29, 1.82) is 0 Å². The predicted octanol–water partition coefficient (Wildman–Crippen LogP) is 1.83. The molecule has 2 amide bonds. The number of hydrogen-bond acceptors (Lipinski definition) is 5. The number of sulfone groups is 1. The minimum Gasteiger partial charge on any atom is -0.484 e. The topological polar surface area (TPSA) is 102 Å². The van der Waals surface area contributed by atoms with Gasteiger partial charge in [0, 0.05) is 6.42 Å². The quantitative estimate of drug-likeness (QED) is 0.538. The highest BCUT2D eigenvalue weighted by Gasteiger charge is 2.17. The Labute approximate surface area is 162 Å². The summed E-state index contributed by atoms with van der Waals surface area (Å²) in [6.07, 6.45) is -0.363. The largest absolute Gasteiger partial charge is 0.484 e. The maximum absolute atomic E-state index is 12.9. The van der Waals surface area contributed by atoms with Crippen LogP contribution in [0.25, 0.3) is 0 Å². The number of amides is 2. The van der Waals surface area contributed by atoms with Crippen molar-refractivity contribution in [2.24, 2.45) is 0 Å². The number of ether oxygens (including phenoxy) is 1. The van der Waals surface area contributed by atoms with Crippen molar-refractivity contribution < 1.29 is 27.1 Å². The summed E-state index contributed by atoms with van der Waals surface area (Å²) in [4.78, 5) is 23.4. The lowest BCUT2D eigenvalue weighted by Gasteiger charge is -2.10. The van der Waals surface area contributed by atoms with E-state index in [0.717, 1.165) is 35.4 Å². The molecule has 0 fully saturated rings. The Hall–Kier alpha value is -2.94. The first kappa shape index (κ1) is 21.4. The Balaban J connectivity index is 1.75. The average Bonchev–Trinajstić information content (AvgIpc) is 2.62. The highest BCUT2D eigenvalue weighted by atomic mass is 32.2. The molecule has 2 rings (SSSR count). The molecule has 0 aliphatic rings. The van der Waals surface area contributed by atoms with E-state index in [0.29, 0.717) is 5.75 Å². The summed E-state index contributed by atoms with van der Waals surface area (Å²) in [5.41, 5.74) is 6.27. The van der Waals surface area contributed by atoms with Gasteiger partial charge in [-0.05, 0) is 61.4 Å². The van der Waals surface area contributed by atoms with Crippen LogP contribution in [0.15, 0.2) is 47.4 Å². The maximum atomic E-state index is 12.9. The first-order valence-corrected chi connectivity index (χ1v) is 10.1. The van der Waals surface area contributed by atoms with Gasteiger partial charge in [0.25, 0.3) is 5.91 Å². The first-order chi connectivity index (χ1) is 13.2. The Bertz CT molecular complexity index is 939. The monoisotopic (exact) mass is 408 g/mol. The highest BCUT2D eigenvalue weighted by molar-refractivity contribution is 7.91. The van der Waals surface area contributed by atoms with Gasteiger partial charge in [0.05, 0.1) is 10.6 Å². The minimum absolute atomic E-state index is 0.0763. The van der Waals surface area contributed by atoms with Gasteiger partial charge in [-0.1, -0.05) is 6.07 Å². The molecule has 0 radical (unpaired) electrons. The average molecular weight is 408 g/mol. The van der Waals surface area contributed by atoms with Gasteiger partial charge in [-0.3, -0.25) is 20.4 Å². The summed E-state index contributed by atoms with van der Waals surface area (Å²) < 4.78 is 42.4. The van der Waals surface area contributed by atoms with Gasteiger partial charge >= 0.3 is 0 Å². The van der Waals surface area contributed by atoms with E-state index in [9.17, 15) is 22.4 Å². The van der Waals surface area contributed by atoms with Gasteiger partial charge in [0.15, 0.2) is 16.4 Å². The first-order valence-electron chi connectivity index (χ1n) is 8.43. The van der Waals surface area contributed by atoms with Gasteiger partial charge in [-0.15, -0.1) is 0 Å². The smallest absolute Gasteiger partial charge is 0.276 e. The number of benzene rings is 2. The van der Waals surface area contributed by atoms with E-state index < -0.39 is 33.2 Å². The molecule has 0 saturated carbocycles. The lowest BCUT2D eigenvalue weighted by molar-refractivity contribution is -0.129. The second kappa shape index (κ2) is 9.32. The predicted molar refractivity (Wildman–Crippen MR) is 101 cm³/mol. The van der Waals surface area contributed by atoms with Crippen LogP contribution >= 0.6 is 0 Å². The number of rotatable bonds is 7. The molecular weight excluding hydrogens is 387 g/mol. The fraction of sp³-hybridized carbons (Fsp3) is 0.263. The van der Waals surface area contributed by atoms with Crippen molar-refractivity contribution >= 4 is 21.7 Å². The molecule has 28 heavy (non-hydrogen) atoms. The summed E-state index contributed by atoms with van der Waals surface area (Å²) in [6, 6.07) is 9.85. The highest BCUT2D eigenvalue weighted by Crippen LogP contribution is 2.16. The van der Waals surface area contributed by atoms with Crippen molar-refractivity contribution in [3.8, 4) is 5.75 Å². The number of halogens is 1. The van der Waals surface area contributed by atoms with Crippen LogP contribution in [-0.4, -0.2) is 32.6 Å². The van der Waals surface area contributed by atoms with Crippen LogP contribution in [0.1, 0.15) is 17.5 Å². The fourth-order valence-corrected chi connectivity index (χ4v) is 3.63. The van der Waals surface area contributed by atoms with Crippen molar-refractivity contribution in [2.75, 3.05) is 12.4 Å². The van der Waals surface area contributed by atoms with Gasteiger partial charge in [0.2, 0.25) is 5.91 Å². The molecule has 0 bridgehead atoms. The van der Waals surface area contributed by atoms with E-state index in [4.69, 9.17) is 4.74 Å². The second-order valence-corrected chi connectivity index (χ2v) is 8.34. The third-order valence-electron chi connectivity index (χ3n) is 3.68. The zero-order valence-corrected chi connectivity index (χ0v) is 16.3. The fourth-order valence-electron chi connectivity index (χ4n) is 2.39. The van der Waals surface area contributed by atoms with Crippen LogP contribution in [0.2, 0.25) is 0 Å². The summed E-state index contributed by atoms with van der Waals surface area (Å²) in [5.74, 6) is -1.76. The second-order valence-electron chi connectivity index (χ2n) is 6.23. The molecule has 0 atom stereocenters. The van der Waals surface area contributed by atoms with E-state index in [1.165, 1.54) is 0 Å². The Morgan fingerprint density at radius 3 is 2.14 bits per heavy atom. The number of aryl methyl sites for hydroxylation is 2. The maximum Gasteiger partial charge on any atom is 0.276 e. The van der Waals surface area contributed by atoms with Crippen LogP contribution in [0.4, 0.5) is 4.39 Å². The number of hydrogen-bond donors (Lipinski definition) is 2. The molecule has 7 nitrogen and oxygen atoms in total. The number of hydrazine groups is 1. The SMILES string of the molecule is Cc1cc(C)cc(OCC(=O)NNC(=O)CCS(=O)(=O)c2ccc(F)cc2)c1. The molecule has 0 saturated heterocycles. The molecule has 0 unspecified atom stereocenters. The molecule has 0 aromatic heterocycles. The third-order valence-corrected chi connectivity index (χ3v) is 5.41.